The van der Waals surface area contributed by atoms with Crippen molar-refractivity contribution in [2.45, 2.75) is 11.8 Å². The molecule has 0 saturated carbocycles. The molecule has 2 aromatic carbocycles. The van der Waals surface area contributed by atoms with Gasteiger partial charge in [0.2, 0.25) is 16.7 Å². The lowest BCUT2D eigenvalue weighted by Crippen LogP contribution is -2.50. The van der Waals surface area contributed by atoms with Crippen LogP contribution in [0.2, 0.25) is 0 Å². The largest absolute Gasteiger partial charge is 0.497 e. The molecule has 4 rings (SSSR count). The molecule has 0 unspecified atom stereocenters. The van der Waals surface area contributed by atoms with Gasteiger partial charge in [-0.05, 0) is 30.3 Å². The van der Waals surface area contributed by atoms with Gasteiger partial charge in [0.05, 0.1) is 18.6 Å². The van der Waals surface area contributed by atoms with Crippen molar-refractivity contribution in [3.05, 3.63) is 54.1 Å². The number of hydrogen-bond acceptors (Lipinski definition) is 5. The Hall–Kier alpha value is -2.80. The number of carbonyl (C=O) groups is 3. The maximum absolute atomic E-state index is 13.3. The van der Waals surface area contributed by atoms with Crippen molar-refractivity contribution in [2.24, 2.45) is 0 Å². The number of amides is 3. The van der Waals surface area contributed by atoms with E-state index in [2.05, 4.69) is 0 Å². The van der Waals surface area contributed by atoms with Gasteiger partial charge in [-0.25, -0.2) is 4.90 Å². The molecule has 0 aromatic heterocycles. The molecule has 0 N–H and O–H groups in total. The van der Waals surface area contributed by atoms with Crippen molar-refractivity contribution in [2.75, 3.05) is 22.7 Å². The fourth-order valence-corrected chi connectivity index (χ4v) is 4.87. The van der Waals surface area contributed by atoms with E-state index in [0.29, 0.717) is 22.7 Å². The highest BCUT2D eigenvalue weighted by Crippen LogP contribution is 2.55. The van der Waals surface area contributed by atoms with Crippen LogP contribution in [0.3, 0.4) is 0 Å². The van der Waals surface area contributed by atoms with Crippen LogP contribution in [0.4, 0.5) is 11.4 Å². The van der Waals surface area contributed by atoms with E-state index >= 15 is 0 Å². The molecule has 1 spiro atoms. The van der Waals surface area contributed by atoms with E-state index in [0.717, 1.165) is 4.90 Å². The van der Waals surface area contributed by atoms with E-state index in [1.165, 1.54) is 23.6 Å². The summed E-state index contributed by atoms with van der Waals surface area (Å²) in [6, 6.07) is 14.1. The quantitative estimate of drug-likeness (QED) is 0.815. The Morgan fingerprint density at radius 3 is 2.46 bits per heavy atom. The number of methoxy groups -OCH3 is 1. The minimum Gasteiger partial charge on any atom is -0.497 e. The molecule has 132 valence electrons. The lowest BCUT2D eigenvalue weighted by Gasteiger charge is -2.33. The zero-order chi connectivity index (χ0) is 18.5. The maximum Gasteiger partial charge on any atom is 0.275 e. The van der Waals surface area contributed by atoms with E-state index in [4.69, 9.17) is 4.74 Å². The Kier molecular flexibility index (Phi) is 3.77. The number of ether oxygens (including phenoxy) is 1. The first-order chi connectivity index (χ1) is 12.5. The number of para-hydroxylation sites is 1. The molecule has 1 atom stereocenters. The minimum absolute atomic E-state index is 0.165. The topological polar surface area (TPSA) is 66.9 Å². The number of rotatable bonds is 2. The van der Waals surface area contributed by atoms with Crippen LogP contribution in [0.25, 0.3) is 0 Å². The summed E-state index contributed by atoms with van der Waals surface area (Å²) in [5.41, 5.74) is 1.78. The van der Waals surface area contributed by atoms with E-state index in [9.17, 15) is 14.4 Å². The lowest BCUT2D eigenvalue weighted by atomic mass is 10.0. The SMILES string of the molecule is COc1ccc(N2C(=O)CS[C@@]23C(=O)N(C(C)=O)c2ccccc23)cc1. The summed E-state index contributed by atoms with van der Waals surface area (Å²) < 4.78 is 5.17. The Morgan fingerprint density at radius 1 is 1.12 bits per heavy atom. The van der Waals surface area contributed by atoms with Gasteiger partial charge in [0.15, 0.2) is 0 Å². The molecule has 7 heteroatoms. The number of hydrogen-bond donors (Lipinski definition) is 0. The zero-order valence-corrected chi connectivity index (χ0v) is 15.1. The van der Waals surface area contributed by atoms with Gasteiger partial charge in [-0.15, -0.1) is 11.8 Å². The van der Waals surface area contributed by atoms with Crippen LogP contribution >= 0.6 is 11.8 Å². The first-order valence-electron chi connectivity index (χ1n) is 8.06. The summed E-state index contributed by atoms with van der Waals surface area (Å²) in [5, 5.41) is 0. The van der Waals surface area contributed by atoms with Crippen LogP contribution in [0.5, 0.6) is 5.75 Å². The average Bonchev–Trinajstić information content (AvgIpc) is 3.12. The van der Waals surface area contributed by atoms with Crippen molar-refractivity contribution in [3.63, 3.8) is 0 Å². The zero-order valence-electron chi connectivity index (χ0n) is 14.3. The van der Waals surface area contributed by atoms with Crippen molar-refractivity contribution in [1.82, 2.24) is 0 Å². The fraction of sp³-hybridized carbons (Fsp3) is 0.211. The highest BCUT2D eigenvalue weighted by Gasteiger charge is 2.61. The first-order valence-corrected chi connectivity index (χ1v) is 9.05. The lowest BCUT2D eigenvalue weighted by molar-refractivity contribution is -0.128. The van der Waals surface area contributed by atoms with Gasteiger partial charge in [0.1, 0.15) is 5.75 Å². The summed E-state index contributed by atoms with van der Waals surface area (Å²) in [6.45, 7) is 1.35. The monoisotopic (exact) mass is 368 g/mol. The third-order valence-electron chi connectivity index (χ3n) is 4.62. The summed E-state index contributed by atoms with van der Waals surface area (Å²) in [6.07, 6.45) is 0. The van der Waals surface area contributed by atoms with Crippen molar-refractivity contribution >= 4 is 40.9 Å². The van der Waals surface area contributed by atoms with E-state index in [1.807, 2.05) is 6.07 Å². The summed E-state index contributed by atoms with van der Waals surface area (Å²) in [4.78, 5) is 39.6. The molecule has 1 saturated heterocycles. The second-order valence-corrected chi connectivity index (χ2v) is 7.20. The fourth-order valence-electron chi connectivity index (χ4n) is 3.53. The Balaban J connectivity index is 1.92. The number of carbonyl (C=O) groups excluding carboxylic acids is 3. The molecule has 3 amide bonds. The number of fused-ring (bicyclic) bond motifs is 2. The van der Waals surface area contributed by atoms with Crippen molar-refractivity contribution < 1.29 is 19.1 Å². The molecule has 2 aromatic rings. The van der Waals surface area contributed by atoms with Gasteiger partial charge in [0.25, 0.3) is 5.91 Å². The number of imide groups is 1. The number of thioether (sulfide) groups is 1. The molecule has 0 bridgehead atoms. The molecule has 26 heavy (non-hydrogen) atoms. The molecule has 2 heterocycles. The predicted molar refractivity (Wildman–Crippen MR) is 99.2 cm³/mol. The maximum atomic E-state index is 13.3. The van der Waals surface area contributed by atoms with Crippen LogP contribution < -0.4 is 14.5 Å². The van der Waals surface area contributed by atoms with Gasteiger partial charge < -0.3 is 4.74 Å². The van der Waals surface area contributed by atoms with Gasteiger partial charge in [-0.1, -0.05) is 18.2 Å². The summed E-state index contributed by atoms with van der Waals surface area (Å²) in [5.74, 6) is -0.121. The molecule has 0 radical (unpaired) electrons. The third-order valence-corrected chi connectivity index (χ3v) is 6.00. The summed E-state index contributed by atoms with van der Waals surface area (Å²) in [7, 11) is 1.56. The molecule has 2 aliphatic heterocycles. The van der Waals surface area contributed by atoms with E-state index in [1.54, 1.807) is 49.6 Å². The van der Waals surface area contributed by atoms with Gasteiger partial charge in [-0.3, -0.25) is 19.3 Å². The normalized spacial score (nSPS) is 21.5. The molecule has 0 aliphatic carbocycles. The van der Waals surface area contributed by atoms with E-state index in [-0.39, 0.29) is 17.6 Å². The van der Waals surface area contributed by atoms with Crippen molar-refractivity contribution in [3.8, 4) is 5.75 Å². The molecular weight excluding hydrogens is 352 g/mol. The first kappa shape index (κ1) is 16.7. The Morgan fingerprint density at radius 2 is 1.81 bits per heavy atom. The highest BCUT2D eigenvalue weighted by atomic mass is 32.2. The van der Waals surface area contributed by atoms with Crippen LogP contribution in [0.15, 0.2) is 48.5 Å². The van der Waals surface area contributed by atoms with Crippen LogP contribution in [0, 0.1) is 0 Å². The highest BCUT2D eigenvalue weighted by molar-refractivity contribution is 8.02. The standard InChI is InChI=1S/C19H16N2O4S/c1-12(22)20-16-6-4-3-5-15(16)19(18(20)24)21(17(23)11-26-19)13-7-9-14(25-2)10-8-13/h3-10H,11H2,1-2H3/t19-/m0/s1. The Labute approximate surface area is 154 Å². The van der Waals surface area contributed by atoms with Gasteiger partial charge in [0, 0.05) is 18.2 Å². The molecular formula is C19H16N2O4S. The van der Waals surface area contributed by atoms with Gasteiger partial charge in [-0.2, -0.15) is 0 Å². The van der Waals surface area contributed by atoms with Crippen LogP contribution in [-0.2, 0) is 19.3 Å². The Bertz CT molecular complexity index is 927. The van der Waals surface area contributed by atoms with Crippen molar-refractivity contribution in [1.29, 1.82) is 0 Å². The second kappa shape index (κ2) is 5.88. The van der Waals surface area contributed by atoms with E-state index < -0.39 is 10.8 Å². The minimum atomic E-state index is -1.26. The smallest absolute Gasteiger partial charge is 0.275 e. The second-order valence-electron chi connectivity index (χ2n) is 6.04. The van der Waals surface area contributed by atoms with Crippen LogP contribution in [-0.4, -0.2) is 30.6 Å². The molecule has 1 fully saturated rings. The average molecular weight is 368 g/mol. The van der Waals surface area contributed by atoms with Gasteiger partial charge >= 0.3 is 0 Å². The van der Waals surface area contributed by atoms with Crippen LogP contribution in [0.1, 0.15) is 12.5 Å². The number of anilines is 2. The third kappa shape index (κ3) is 2.10. The summed E-state index contributed by atoms with van der Waals surface area (Å²) >= 11 is 1.25. The number of nitrogens with zero attached hydrogens (tertiary/aromatic N) is 2. The molecule has 6 nitrogen and oxygen atoms in total. The number of benzene rings is 2. The molecule has 2 aliphatic rings. The predicted octanol–water partition coefficient (Wildman–Crippen LogP) is 2.52.